The van der Waals surface area contributed by atoms with Gasteiger partial charge >= 0.3 is 6.09 Å². The molecule has 1 fully saturated rings. The van der Waals surface area contributed by atoms with Crippen molar-refractivity contribution in [3.05, 3.63) is 29.8 Å². The van der Waals surface area contributed by atoms with E-state index in [1.54, 1.807) is 0 Å². The molecule has 21 heavy (non-hydrogen) atoms. The fourth-order valence-corrected chi connectivity index (χ4v) is 2.62. The third-order valence-electron chi connectivity index (χ3n) is 3.68. The van der Waals surface area contributed by atoms with Gasteiger partial charge in [-0.05, 0) is 26.8 Å². The van der Waals surface area contributed by atoms with Gasteiger partial charge in [0.05, 0.1) is 13.1 Å². The largest absolute Gasteiger partial charge is 0.475 e. The number of nitrogens with zero attached hydrogens (tertiary/aromatic N) is 1. The summed E-state index contributed by atoms with van der Waals surface area (Å²) in [6.07, 6.45) is -0.0402. The lowest BCUT2D eigenvalue weighted by atomic mass is 9.83. The molecule has 0 saturated carbocycles. The summed E-state index contributed by atoms with van der Waals surface area (Å²) in [5.41, 5.74) is -0.515. The van der Waals surface area contributed by atoms with Crippen LogP contribution >= 0.6 is 0 Å². The van der Waals surface area contributed by atoms with Crippen LogP contribution in [0.3, 0.4) is 0 Å². The van der Waals surface area contributed by atoms with Crippen LogP contribution in [-0.2, 0) is 16.0 Å². The molecule has 2 aliphatic rings. The highest BCUT2D eigenvalue weighted by Crippen LogP contribution is 2.37. The summed E-state index contributed by atoms with van der Waals surface area (Å²) in [4.78, 5) is 25.8. The molecule has 1 saturated heterocycles. The van der Waals surface area contributed by atoms with Gasteiger partial charge in [0.15, 0.2) is 5.78 Å². The van der Waals surface area contributed by atoms with Crippen LogP contribution in [0, 0.1) is 0 Å². The molecule has 0 aromatic heterocycles. The van der Waals surface area contributed by atoms with Gasteiger partial charge in [-0.2, -0.15) is 0 Å². The second-order valence-corrected chi connectivity index (χ2v) is 6.64. The number of likely N-dealkylation sites (tertiary alicyclic amines) is 1. The molecule has 0 aliphatic carbocycles. The number of carbonyl (C=O) groups excluding carboxylic acids is 2. The Labute approximate surface area is 123 Å². The van der Waals surface area contributed by atoms with Crippen LogP contribution in [0.4, 0.5) is 4.79 Å². The molecular formula is C16H19NO4. The Kier molecular flexibility index (Phi) is 2.97. The Morgan fingerprint density at radius 3 is 2.62 bits per heavy atom. The summed E-state index contributed by atoms with van der Waals surface area (Å²) < 4.78 is 11.2. The fraction of sp³-hybridized carbons (Fsp3) is 0.500. The zero-order chi connectivity index (χ0) is 15.3. The van der Waals surface area contributed by atoms with Gasteiger partial charge in [0.2, 0.25) is 5.60 Å². The van der Waals surface area contributed by atoms with E-state index in [1.807, 2.05) is 45.0 Å². The van der Waals surface area contributed by atoms with Crippen LogP contribution in [0.2, 0.25) is 0 Å². The highest BCUT2D eigenvalue weighted by molar-refractivity contribution is 5.94. The van der Waals surface area contributed by atoms with Crippen molar-refractivity contribution in [2.45, 2.75) is 38.4 Å². The Morgan fingerprint density at radius 2 is 1.95 bits per heavy atom. The van der Waals surface area contributed by atoms with E-state index in [9.17, 15) is 9.59 Å². The normalized spacial score (nSPS) is 19.6. The third-order valence-corrected chi connectivity index (χ3v) is 3.68. The topological polar surface area (TPSA) is 55.8 Å². The first-order valence-corrected chi connectivity index (χ1v) is 7.07. The van der Waals surface area contributed by atoms with Gasteiger partial charge in [-0.15, -0.1) is 0 Å². The molecule has 0 atom stereocenters. The quantitative estimate of drug-likeness (QED) is 0.734. The first kappa shape index (κ1) is 13.9. The van der Waals surface area contributed by atoms with Crippen molar-refractivity contribution in [3.63, 3.8) is 0 Å². The van der Waals surface area contributed by atoms with Crippen molar-refractivity contribution in [1.29, 1.82) is 0 Å². The van der Waals surface area contributed by atoms with Crippen molar-refractivity contribution in [3.8, 4) is 5.75 Å². The molecule has 3 rings (SSSR count). The zero-order valence-electron chi connectivity index (χ0n) is 12.5. The van der Waals surface area contributed by atoms with Crippen molar-refractivity contribution in [2.24, 2.45) is 0 Å². The molecule has 1 aromatic rings. The Hall–Kier alpha value is -2.04. The van der Waals surface area contributed by atoms with Gasteiger partial charge in [-0.1, -0.05) is 18.2 Å². The van der Waals surface area contributed by atoms with Crippen LogP contribution in [-0.4, -0.2) is 41.1 Å². The molecule has 112 valence electrons. The van der Waals surface area contributed by atoms with E-state index in [4.69, 9.17) is 9.47 Å². The highest BCUT2D eigenvalue weighted by Gasteiger charge is 2.55. The van der Waals surface area contributed by atoms with Crippen molar-refractivity contribution in [2.75, 3.05) is 13.1 Å². The monoisotopic (exact) mass is 289 g/mol. The maximum Gasteiger partial charge on any atom is 0.410 e. The molecule has 2 aliphatic heterocycles. The number of benzene rings is 1. The molecule has 1 aromatic carbocycles. The molecule has 0 unspecified atom stereocenters. The molecule has 5 nitrogen and oxygen atoms in total. The summed E-state index contributed by atoms with van der Waals surface area (Å²) in [6.45, 7) is 5.97. The first-order chi connectivity index (χ1) is 9.79. The average Bonchev–Trinajstić information content (AvgIpc) is 2.33. The number of rotatable bonds is 0. The lowest BCUT2D eigenvalue weighted by Crippen LogP contribution is -2.72. The molecule has 0 radical (unpaired) electrons. The van der Waals surface area contributed by atoms with E-state index in [1.165, 1.54) is 4.90 Å². The Bertz CT molecular complexity index is 597. The first-order valence-electron chi connectivity index (χ1n) is 7.07. The SMILES string of the molecule is CC(C)(C)OC(=O)N1CC2(C1)Oc1ccccc1CC2=O. The summed E-state index contributed by atoms with van der Waals surface area (Å²) in [7, 11) is 0. The number of hydrogen-bond acceptors (Lipinski definition) is 4. The second kappa shape index (κ2) is 4.48. The van der Waals surface area contributed by atoms with Crippen LogP contribution < -0.4 is 4.74 Å². The summed E-state index contributed by atoms with van der Waals surface area (Å²) in [5, 5.41) is 0. The van der Waals surface area contributed by atoms with Gasteiger partial charge in [0, 0.05) is 12.0 Å². The second-order valence-electron chi connectivity index (χ2n) is 6.64. The van der Waals surface area contributed by atoms with Crippen LogP contribution in [0.1, 0.15) is 26.3 Å². The van der Waals surface area contributed by atoms with Gasteiger partial charge in [-0.25, -0.2) is 4.79 Å². The molecule has 5 heteroatoms. The highest BCUT2D eigenvalue weighted by atomic mass is 16.6. The summed E-state index contributed by atoms with van der Waals surface area (Å²) in [6, 6.07) is 7.53. The number of fused-ring (bicyclic) bond motifs is 1. The maximum absolute atomic E-state index is 12.3. The predicted molar refractivity (Wildman–Crippen MR) is 76.3 cm³/mol. The number of Topliss-reactive ketones (excluding diaryl/α,β-unsaturated/α-hetero) is 1. The van der Waals surface area contributed by atoms with E-state index < -0.39 is 17.3 Å². The lowest BCUT2D eigenvalue weighted by molar-refractivity contribution is -0.151. The summed E-state index contributed by atoms with van der Waals surface area (Å²) >= 11 is 0. The van der Waals surface area contributed by atoms with Crippen LogP contribution in [0.15, 0.2) is 24.3 Å². The zero-order valence-corrected chi connectivity index (χ0v) is 12.5. The van der Waals surface area contributed by atoms with Crippen molar-refractivity contribution < 1.29 is 19.1 Å². The molecule has 0 bridgehead atoms. The van der Waals surface area contributed by atoms with Gasteiger partial charge in [-0.3, -0.25) is 9.69 Å². The van der Waals surface area contributed by atoms with Crippen molar-refractivity contribution >= 4 is 11.9 Å². The molecular weight excluding hydrogens is 270 g/mol. The predicted octanol–water partition coefficient (Wildman–Crippen LogP) is 2.18. The third kappa shape index (κ3) is 2.48. The fourth-order valence-electron chi connectivity index (χ4n) is 2.62. The molecule has 1 spiro atoms. The van der Waals surface area contributed by atoms with Gasteiger partial charge < -0.3 is 9.47 Å². The smallest absolute Gasteiger partial charge is 0.410 e. The Balaban J connectivity index is 1.70. The van der Waals surface area contributed by atoms with E-state index in [0.717, 1.165) is 11.3 Å². The van der Waals surface area contributed by atoms with E-state index in [0.29, 0.717) is 6.42 Å². The number of amides is 1. The minimum Gasteiger partial charge on any atom is -0.475 e. The van der Waals surface area contributed by atoms with Gasteiger partial charge in [0.25, 0.3) is 0 Å². The minimum absolute atomic E-state index is 0.0287. The van der Waals surface area contributed by atoms with Crippen molar-refractivity contribution in [1.82, 2.24) is 4.90 Å². The molecule has 1 amide bonds. The van der Waals surface area contributed by atoms with E-state index >= 15 is 0 Å². The van der Waals surface area contributed by atoms with Crippen LogP contribution in [0.5, 0.6) is 5.75 Å². The number of ether oxygens (including phenoxy) is 2. The number of para-hydroxylation sites is 1. The maximum atomic E-state index is 12.3. The number of hydrogen-bond donors (Lipinski definition) is 0. The van der Waals surface area contributed by atoms with Crippen LogP contribution in [0.25, 0.3) is 0 Å². The Morgan fingerprint density at radius 1 is 1.29 bits per heavy atom. The average molecular weight is 289 g/mol. The van der Waals surface area contributed by atoms with Gasteiger partial charge in [0.1, 0.15) is 11.4 Å². The number of carbonyl (C=O) groups is 2. The van der Waals surface area contributed by atoms with E-state index in [2.05, 4.69) is 0 Å². The minimum atomic E-state index is -0.884. The standard InChI is InChI=1S/C16H19NO4/c1-15(2,3)21-14(19)17-9-16(10-17)13(18)8-11-6-4-5-7-12(11)20-16/h4-7H,8-10H2,1-3H3. The molecule has 0 N–H and O–H groups in total. The molecule has 2 heterocycles. The summed E-state index contributed by atoms with van der Waals surface area (Å²) in [5.74, 6) is 0.766. The lowest BCUT2D eigenvalue weighted by Gasteiger charge is -2.49. The van der Waals surface area contributed by atoms with E-state index in [-0.39, 0.29) is 18.9 Å². The number of ketones is 1.